The first kappa shape index (κ1) is 11.3. The zero-order chi connectivity index (χ0) is 9.56. The fourth-order valence-corrected chi connectivity index (χ4v) is 0.760. The van der Waals surface area contributed by atoms with Crippen molar-refractivity contribution in [2.75, 3.05) is 27.3 Å². The minimum atomic E-state index is -0.0699. The number of nitrogens with zero attached hydrogens (tertiary/aromatic N) is 1. The van der Waals surface area contributed by atoms with Crippen LogP contribution in [0.3, 0.4) is 0 Å². The molecular weight excluding hydrogens is 176 g/mol. The van der Waals surface area contributed by atoms with Crippen LogP contribution in [0.15, 0.2) is 0 Å². The van der Waals surface area contributed by atoms with E-state index in [2.05, 4.69) is 12.2 Å². The molecular formula is C7H14N2O2S. The van der Waals surface area contributed by atoms with Crippen LogP contribution in [-0.4, -0.2) is 43.1 Å². The quantitative estimate of drug-likeness (QED) is 0.608. The van der Waals surface area contributed by atoms with Gasteiger partial charge in [0.25, 0.3) is 0 Å². The lowest BCUT2D eigenvalue weighted by molar-refractivity contribution is -0.129. The normalized spacial score (nSPS) is 9.50. The lowest BCUT2D eigenvalue weighted by atomic mass is 10.4. The largest absolute Gasteiger partial charge is 0.393 e. The van der Waals surface area contributed by atoms with Crippen molar-refractivity contribution in [3.8, 4) is 0 Å². The van der Waals surface area contributed by atoms with Gasteiger partial charge < -0.3 is 15.4 Å². The number of methoxy groups -OCH3 is 1. The standard InChI is InChI=1S/C7H14N2O2S/c1-9(3-4-11-2)7(10)5-6(8)12/h3-5H2,1-2H3,(H2,8,12). The van der Waals surface area contributed by atoms with Crippen LogP contribution in [0.5, 0.6) is 0 Å². The van der Waals surface area contributed by atoms with Gasteiger partial charge in [-0.25, -0.2) is 0 Å². The topological polar surface area (TPSA) is 55.6 Å². The lowest BCUT2D eigenvalue weighted by Gasteiger charge is -2.15. The van der Waals surface area contributed by atoms with Crippen LogP contribution in [0.2, 0.25) is 0 Å². The molecule has 0 aliphatic carbocycles. The summed E-state index contributed by atoms with van der Waals surface area (Å²) in [5, 5.41) is 0. The van der Waals surface area contributed by atoms with Gasteiger partial charge in [-0.3, -0.25) is 4.79 Å². The van der Waals surface area contributed by atoms with Crippen molar-refractivity contribution >= 4 is 23.1 Å². The molecule has 0 saturated heterocycles. The highest BCUT2D eigenvalue weighted by Crippen LogP contribution is 1.90. The van der Waals surface area contributed by atoms with E-state index in [0.717, 1.165) is 0 Å². The molecule has 0 heterocycles. The second-order valence-electron chi connectivity index (χ2n) is 2.45. The molecule has 2 N–H and O–H groups in total. The zero-order valence-corrected chi connectivity index (χ0v) is 8.19. The zero-order valence-electron chi connectivity index (χ0n) is 7.37. The minimum Gasteiger partial charge on any atom is -0.393 e. The fraction of sp³-hybridized carbons (Fsp3) is 0.714. The van der Waals surface area contributed by atoms with Crippen LogP contribution in [0.4, 0.5) is 0 Å². The van der Waals surface area contributed by atoms with Gasteiger partial charge in [-0.15, -0.1) is 0 Å². The van der Waals surface area contributed by atoms with Gasteiger partial charge in [0.2, 0.25) is 5.91 Å². The molecule has 0 radical (unpaired) electrons. The molecule has 0 aromatic rings. The van der Waals surface area contributed by atoms with E-state index < -0.39 is 0 Å². The summed E-state index contributed by atoms with van der Waals surface area (Å²) in [6.07, 6.45) is 0.134. The Balaban J connectivity index is 3.69. The molecule has 0 aromatic carbocycles. The Morgan fingerprint density at radius 2 is 2.25 bits per heavy atom. The van der Waals surface area contributed by atoms with Gasteiger partial charge >= 0.3 is 0 Å². The third-order valence-corrected chi connectivity index (χ3v) is 1.53. The number of rotatable bonds is 5. The Kier molecular flexibility index (Phi) is 5.57. The predicted octanol–water partition coefficient (Wildman–Crippen LogP) is -0.233. The first-order chi connectivity index (χ1) is 5.57. The van der Waals surface area contributed by atoms with Crippen LogP contribution in [0, 0.1) is 0 Å². The van der Waals surface area contributed by atoms with Crippen molar-refractivity contribution in [3.63, 3.8) is 0 Å². The maximum atomic E-state index is 11.2. The maximum Gasteiger partial charge on any atom is 0.229 e. The van der Waals surface area contributed by atoms with Gasteiger partial charge in [0.1, 0.15) is 0 Å². The molecule has 0 fully saturated rings. The number of ether oxygens (including phenoxy) is 1. The van der Waals surface area contributed by atoms with E-state index in [-0.39, 0.29) is 17.3 Å². The molecule has 70 valence electrons. The molecule has 1 amide bonds. The third kappa shape index (κ3) is 5.03. The Morgan fingerprint density at radius 1 is 1.67 bits per heavy atom. The second kappa shape index (κ2) is 5.91. The smallest absolute Gasteiger partial charge is 0.229 e. The number of likely N-dealkylation sites (N-methyl/N-ethyl adjacent to an activating group) is 1. The molecule has 0 rings (SSSR count). The van der Waals surface area contributed by atoms with Gasteiger partial charge in [0, 0.05) is 20.7 Å². The van der Waals surface area contributed by atoms with E-state index in [9.17, 15) is 4.79 Å². The molecule has 0 unspecified atom stereocenters. The number of carbonyl (C=O) groups is 1. The summed E-state index contributed by atoms with van der Waals surface area (Å²) in [6.45, 7) is 1.09. The Labute approximate surface area is 77.7 Å². The minimum absolute atomic E-state index is 0.0699. The first-order valence-electron chi connectivity index (χ1n) is 3.59. The molecule has 12 heavy (non-hydrogen) atoms. The average Bonchev–Trinajstić information content (AvgIpc) is 1.98. The Bertz CT molecular complexity index is 173. The third-order valence-electron chi connectivity index (χ3n) is 1.38. The summed E-state index contributed by atoms with van der Waals surface area (Å²) in [5.74, 6) is -0.0699. The van der Waals surface area contributed by atoms with Gasteiger partial charge in [-0.1, -0.05) is 12.2 Å². The molecule has 0 aromatic heterocycles. The Hall–Kier alpha value is -0.680. The molecule has 0 bridgehead atoms. The van der Waals surface area contributed by atoms with Crippen molar-refractivity contribution in [1.29, 1.82) is 0 Å². The van der Waals surface area contributed by atoms with E-state index in [1.807, 2.05) is 0 Å². The number of amides is 1. The molecule has 0 aliphatic heterocycles. The van der Waals surface area contributed by atoms with E-state index in [1.54, 1.807) is 19.1 Å². The highest BCUT2D eigenvalue weighted by molar-refractivity contribution is 7.80. The van der Waals surface area contributed by atoms with Crippen molar-refractivity contribution in [1.82, 2.24) is 4.90 Å². The van der Waals surface area contributed by atoms with Crippen molar-refractivity contribution in [3.05, 3.63) is 0 Å². The monoisotopic (exact) mass is 190 g/mol. The molecule has 0 atom stereocenters. The van der Waals surface area contributed by atoms with E-state index in [4.69, 9.17) is 10.5 Å². The van der Waals surface area contributed by atoms with Gasteiger partial charge in [0.15, 0.2) is 0 Å². The first-order valence-corrected chi connectivity index (χ1v) is 4.00. The van der Waals surface area contributed by atoms with Crippen LogP contribution in [0.1, 0.15) is 6.42 Å². The van der Waals surface area contributed by atoms with E-state index in [1.165, 1.54) is 0 Å². The predicted molar refractivity (Wildman–Crippen MR) is 50.9 cm³/mol. The van der Waals surface area contributed by atoms with Crippen LogP contribution in [-0.2, 0) is 9.53 Å². The summed E-state index contributed by atoms with van der Waals surface area (Å²) < 4.78 is 4.81. The number of hydrogen-bond donors (Lipinski definition) is 1. The average molecular weight is 190 g/mol. The molecule has 4 nitrogen and oxygen atoms in total. The number of thiocarbonyl (C=S) groups is 1. The summed E-state index contributed by atoms with van der Waals surface area (Å²) >= 11 is 4.60. The van der Waals surface area contributed by atoms with Crippen molar-refractivity contribution < 1.29 is 9.53 Å². The summed E-state index contributed by atoms with van der Waals surface area (Å²) in [4.78, 5) is 12.9. The van der Waals surface area contributed by atoms with Crippen molar-refractivity contribution in [2.45, 2.75) is 6.42 Å². The lowest BCUT2D eigenvalue weighted by Crippen LogP contribution is -2.32. The number of nitrogens with two attached hydrogens (primary N) is 1. The molecule has 0 aliphatic rings. The van der Waals surface area contributed by atoms with E-state index in [0.29, 0.717) is 13.2 Å². The van der Waals surface area contributed by atoms with E-state index >= 15 is 0 Å². The second-order valence-corrected chi connectivity index (χ2v) is 2.98. The SMILES string of the molecule is COCCN(C)C(=O)CC(N)=S. The van der Waals surface area contributed by atoms with Gasteiger partial charge in [-0.05, 0) is 0 Å². The molecule has 0 saturated carbocycles. The number of carbonyl (C=O) groups excluding carboxylic acids is 1. The van der Waals surface area contributed by atoms with Crippen LogP contribution in [0.25, 0.3) is 0 Å². The summed E-state index contributed by atoms with van der Waals surface area (Å²) in [6, 6.07) is 0. The van der Waals surface area contributed by atoms with Crippen molar-refractivity contribution in [2.24, 2.45) is 5.73 Å². The number of hydrogen-bond acceptors (Lipinski definition) is 3. The summed E-state index contributed by atoms with van der Waals surface area (Å²) in [7, 11) is 3.28. The van der Waals surface area contributed by atoms with Crippen LogP contribution < -0.4 is 5.73 Å². The summed E-state index contributed by atoms with van der Waals surface area (Å²) in [5.41, 5.74) is 5.21. The molecule has 0 spiro atoms. The Morgan fingerprint density at radius 3 is 2.67 bits per heavy atom. The fourth-order valence-electron chi connectivity index (χ4n) is 0.637. The van der Waals surface area contributed by atoms with Gasteiger partial charge in [0.05, 0.1) is 18.0 Å². The van der Waals surface area contributed by atoms with Crippen LogP contribution >= 0.6 is 12.2 Å². The maximum absolute atomic E-state index is 11.2. The van der Waals surface area contributed by atoms with Gasteiger partial charge in [-0.2, -0.15) is 0 Å². The highest BCUT2D eigenvalue weighted by atomic mass is 32.1. The highest BCUT2D eigenvalue weighted by Gasteiger charge is 2.08. The molecule has 5 heteroatoms.